The minimum absolute atomic E-state index is 0.177. The largest absolute Gasteiger partial charge is 0.338 e. The topological polar surface area (TPSA) is 49.4 Å². The number of hydrogen-bond acceptors (Lipinski definition) is 2. The zero-order valence-corrected chi connectivity index (χ0v) is 14.3. The fourth-order valence-corrected chi connectivity index (χ4v) is 2.97. The number of likely N-dealkylation sites (tertiary alicyclic amines) is 1. The first kappa shape index (κ1) is 16.5. The van der Waals surface area contributed by atoms with Crippen molar-refractivity contribution in [1.29, 1.82) is 0 Å². The van der Waals surface area contributed by atoms with E-state index in [0.29, 0.717) is 29.2 Å². The summed E-state index contributed by atoms with van der Waals surface area (Å²) in [4.78, 5) is 25.9. The highest BCUT2D eigenvalue weighted by Crippen LogP contribution is 2.23. The second kappa shape index (κ2) is 7.05. The van der Waals surface area contributed by atoms with Gasteiger partial charge in [0.2, 0.25) is 5.91 Å². The van der Waals surface area contributed by atoms with Gasteiger partial charge in [0.1, 0.15) is 0 Å². The van der Waals surface area contributed by atoms with Crippen LogP contribution in [-0.2, 0) is 11.3 Å². The van der Waals surface area contributed by atoms with Crippen LogP contribution in [0.2, 0.25) is 5.02 Å². The molecule has 124 valence electrons. The molecule has 1 N–H and O–H groups in total. The number of benzene rings is 2. The van der Waals surface area contributed by atoms with E-state index < -0.39 is 0 Å². The fraction of sp³-hybridized carbons (Fsp3) is 0.263. The molecule has 0 saturated carbocycles. The molecular weight excluding hydrogens is 324 g/mol. The average Bonchev–Trinajstić information content (AvgIpc) is 2.97. The first-order valence-electron chi connectivity index (χ1n) is 7.98. The monoisotopic (exact) mass is 342 g/mol. The van der Waals surface area contributed by atoms with E-state index in [1.54, 1.807) is 24.3 Å². The zero-order valence-electron chi connectivity index (χ0n) is 13.5. The lowest BCUT2D eigenvalue weighted by molar-refractivity contribution is -0.128. The van der Waals surface area contributed by atoms with Crippen LogP contribution >= 0.6 is 11.6 Å². The van der Waals surface area contributed by atoms with Crippen LogP contribution in [0.1, 0.15) is 34.3 Å². The van der Waals surface area contributed by atoms with Gasteiger partial charge < -0.3 is 10.2 Å². The Morgan fingerprint density at radius 3 is 2.62 bits per heavy atom. The van der Waals surface area contributed by atoms with Gasteiger partial charge in [-0.3, -0.25) is 9.59 Å². The molecule has 0 bridgehead atoms. The highest BCUT2D eigenvalue weighted by Gasteiger charge is 2.20. The Labute approximate surface area is 146 Å². The van der Waals surface area contributed by atoms with E-state index in [9.17, 15) is 9.59 Å². The highest BCUT2D eigenvalue weighted by atomic mass is 35.5. The van der Waals surface area contributed by atoms with Crippen LogP contribution in [0.3, 0.4) is 0 Å². The van der Waals surface area contributed by atoms with Crippen LogP contribution in [0.15, 0.2) is 42.5 Å². The number of carbonyl (C=O) groups is 2. The molecule has 0 aromatic heterocycles. The van der Waals surface area contributed by atoms with Gasteiger partial charge in [0.05, 0.1) is 0 Å². The van der Waals surface area contributed by atoms with Crippen LogP contribution < -0.4 is 5.32 Å². The van der Waals surface area contributed by atoms with Gasteiger partial charge in [-0.05, 0) is 48.7 Å². The molecular formula is C19H19ClN2O2. The number of nitrogens with zero attached hydrogens (tertiary/aromatic N) is 1. The van der Waals surface area contributed by atoms with Crippen LogP contribution in [0.5, 0.6) is 0 Å². The van der Waals surface area contributed by atoms with Crippen molar-refractivity contribution >= 4 is 29.1 Å². The van der Waals surface area contributed by atoms with Crippen molar-refractivity contribution in [3.8, 4) is 0 Å². The summed E-state index contributed by atoms with van der Waals surface area (Å²) in [6.45, 7) is 3.29. The molecule has 3 rings (SSSR count). The summed E-state index contributed by atoms with van der Waals surface area (Å²) in [7, 11) is 0. The van der Waals surface area contributed by atoms with Crippen molar-refractivity contribution in [2.45, 2.75) is 26.3 Å². The Balaban J connectivity index is 1.67. The Morgan fingerprint density at radius 1 is 1.21 bits per heavy atom. The molecule has 0 spiro atoms. The molecule has 2 aromatic rings. The predicted molar refractivity (Wildman–Crippen MR) is 95.2 cm³/mol. The Morgan fingerprint density at radius 2 is 1.96 bits per heavy atom. The summed E-state index contributed by atoms with van der Waals surface area (Å²) in [5.41, 5.74) is 3.16. The third-order valence-corrected chi connectivity index (χ3v) is 4.69. The minimum Gasteiger partial charge on any atom is -0.338 e. The van der Waals surface area contributed by atoms with Crippen LogP contribution in [0.4, 0.5) is 5.69 Å². The van der Waals surface area contributed by atoms with E-state index in [0.717, 1.165) is 24.1 Å². The van der Waals surface area contributed by atoms with E-state index in [4.69, 9.17) is 11.6 Å². The van der Waals surface area contributed by atoms with Crippen LogP contribution in [0.25, 0.3) is 0 Å². The Bertz CT molecular complexity index is 771. The average molecular weight is 343 g/mol. The molecule has 0 aliphatic carbocycles. The van der Waals surface area contributed by atoms with Crippen molar-refractivity contribution in [1.82, 2.24) is 4.90 Å². The first-order valence-corrected chi connectivity index (χ1v) is 8.35. The lowest BCUT2D eigenvalue weighted by atomic mass is 10.1. The maximum atomic E-state index is 12.4. The molecule has 2 amide bonds. The molecule has 0 atom stereocenters. The van der Waals surface area contributed by atoms with Crippen molar-refractivity contribution in [3.63, 3.8) is 0 Å². The van der Waals surface area contributed by atoms with Crippen molar-refractivity contribution in [2.75, 3.05) is 11.9 Å². The van der Waals surface area contributed by atoms with Crippen molar-refractivity contribution < 1.29 is 9.59 Å². The maximum Gasteiger partial charge on any atom is 0.255 e. The van der Waals surface area contributed by atoms with Gasteiger partial charge in [0.15, 0.2) is 0 Å². The van der Waals surface area contributed by atoms with E-state index >= 15 is 0 Å². The van der Waals surface area contributed by atoms with Crippen LogP contribution in [0, 0.1) is 6.92 Å². The molecule has 0 unspecified atom stereocenters. The summed E-state index contributed by atoms with van der Waals surface area (Å²) in [5, 5.41) is 3.50. The summed E-state index contributed by atoms with van der Waals surface area (Å²) in [5.74, 6) is 0.0254. The van der Waals surface area contributed by atoms with Gasteiger partial charge >= 0.3 is 0 Å². The number of rotatable bonds is 4. The quantitative estimate of drug-likeness (QED) is 0.912. The molecule has 2 aromatic carbocycles. The van der Waals surface area contributed by atoms with Crippen molar-refractivity contribution in [2.24, 2.45) is 0 Å². The van der Waals surface area contributed by atoms with Crippen LogP contribution in [-0.4, -0.2) is 23.3 Å². The molecule has 1 saturated heterocycles. The zero-order chi connectivity index (χ0) is 17.1. The molecule has 1 heterocycles. The van der Waals surface area contributed by atoms with E-state index in [-0.39, 0.29) is 11.8 Å². The lowest BCUT2D eigenvalue weighted by Crippen LogP contribution is -2.23. The summed E-state index contributed by atoms with van der Waals surface area (Å²) in [6, 6.07) is 12.8. The highest BCUT2D eigenvalue weighted by molar-refractivity contribution is 6.31. The first-order chi connectivity index (χ1) is 11.5. The number of nitrogens with one attached hydrogen (secondary N) is 1. The van der Waals surface area contributed by atoms with Crippen molar-refractivity contribution in [3.05, 3.63) is 64.2 Å². The molecule has 0 radical (unpaired) electrons. The summed E-state index contributed by atoms with van der Waals surface area (Å²) >= 11 is 6.07. The second-order valence-corrected chi connectivity index (χ2v) is 6.39. The summed E-state index contributed by atoms with van der Waals surface area (Å²) in [6.07, 6.45) is 1.57. The third kappa shape index (κ3) is 3.60. The molecule has 1 aliphatic rings. The number of carbonyl (C=O) groups excluding carboxylic acids is 2. The second-order valence-electron chi connectivity index (χ2n) is 5.98. The van der Waals surface area contributed by atoms with Gasteiger partial charge in [-0.2, -0.15) is 0 Å². The van der Waals surface area contributed by atoms with Gasteiger partial charge in [-0.15, -0.1) is 0 Å². The Kier molecular flexibility index (Phi) is 4.86. The SMILES string of the molecule is Cc1c(Cl)cccc1NC(=O)c1ccc(CN2CCCC2=O)cc1. The normalized spacial score (nSPS) is 14.1. The maximum absolute atomic E-state index is 12.4. The number of anilines is 1. The van der Waals surface area contributed by atoms with E-state index in [1.807, 2.05) is 30.0 Å². The lowest BCUT2D eigenvalue weighted by Gasteiger charge is -2.15. The van der Waals surface area contributed by atoms with E-state index in [1.165, 1.54) is 0 Å². The summed E-state index contributed by atoms with van der Waals surface area (Å²) < 4.78 is 0. The molecule has 4 nitrogen and oxygen atoms in total. The minimum atomic E-state index is -0.177. The predicted octanol–water partition coefficient (Wildman–Crippen LogP) is 4.02. The van der Waals surface area contributed by atoms with E-state index in [2.05, 4.69) is 5.32 Å². The smallest absolute Gasteiger partial charge is 0.255 e. The number of amides is 2. The fourth-order valence-electron chi connectivity index (χ4n) is 2.79. The number of halogens is 1. The standard InChI is InChI=1S/C19H19ClN2O2/c1-13-16(20)4-2-5-17(13)21-19(24)15-9-7-14(8-10-15)12-22-11-3-6-18(22)23/h2,4-5,7-10H,3,6,11-12H2,1H3,(H,21,24). The van der Waals surface area contributed by atoms with Gasteiger partial charge in [0.25, 0.3) is 5.91 Å². The third-order valence-electron chi connectivity index (χ3n) is 4.28. The Hall–Kier alpha value is -2.33. The molecule has 1 aliphatic heterocycles. The molecule has 24 heavy (non-hydrogen) atoms. The van der Waals surface area contributed by atoms with Gasteiger partial charge in [0, 0.05) is 35.8 Å². The van der Waals surface area contributed by atoms with Gasteiger partial charge in [-0.1, -0.05) is 29.8 Å². The van der Waals surface area contributed by atoms with Gasteiger partial charge in [-0.25, -0.2) is 0 Å². The molecule has 5 heteroatoms. The number of hydrogen-bond donors (Lipinski definition) is 1. The molecule has 1 fully saturated rings.